The predicted octanol–water partition coefficient (Wildman–Crippen LogP) is 1.63. The van der Waals surface area contributed by atoms with Crippen LogP contribution in [0.1, 0.15) is 6.42 Å². The molecule has 0 aliphatic heterocycles. The number of carbonyl (C=O) groups is 1. The monoisotopic (exact) mass is 198 g/mol. The number of hydrogen-bond donors (Lipinski definition) is 2. The summed E-state index contributed by atoms with van der Waals surface area (Å²) in [5.41, 5.74) is 5.81. The molecule has 0 aliphatic rings. The van der Waals surface area contributed by atoms with Crippen molar-refractivity contribution in [3.63, 3.8) is 0 Å². The second kappa shape index (κ2) is 4.72. The number of nitrogens with two attached hydrogens (primary N) is 1. The van der Waals surface area contributed by atoms with Gasteiger partial charge in [0.2, 0.25) is 5.91 Å². The minimum atomic E-state index is -0.320. The molecule has 0 aliphatic carbocycles. The molecule has 0 bridgehead atoms. The van der Waals surface area contributed by atoms with Crippen molar-refractivity contribution in [3.05, 3.63) is 29.3 Å². The Kier molecular flexibility index (Phi) is 3.58. The van der Waals surface area contributed by atoms with E-state index in [9.17, 15) is 4.79 Å². The Morgan fingerprint density at radius 2 is 2.15 bits per heavy atom. The van der Waals surface area contributed by atoms with Crippen molar-refractivity contribution in [2.24, 2.45) is 5.73 Å². The third-order valence-corrected chi connectivity index (χ3v) is 1.89. The van der Waals surface area contributed by atoms with Crippen LogP contribution in [0.4, 0.5) is 5.69 Å². The van der Waals surface area contributed by atoms with Gasteiger partial charge in [0.05, 0.1) is 10.7 Å². The molecule has 1 amide bonds. The minimum absolute atomic E-state index is 0.311. The highest BCUT2D eigenvalue weighted by Gasteiger charge is 1.98. The molecule has 0 heterocycles. The van der Waals surface area contributed by atoms with E-state index in [0.717, 1.165) is 5.69 Å². The quantitative estimate of drug-likeness (QED) is 0.773. The fourth-order valence-electron chi connectivity index (χ4n) is 0.925. The number of halogens is 1. The Bertz CT molecular complexity index is 301. The van der Waals surface area contributed by atoms with Gasteiger partial charge < -0.3 is 11.1 Å². The molecule has 0 saturated carbocycles. The van der Waals surface area contributed by atoms with Crippen molar-refractivity contribution in [1.29, 1.82) is 0 Å². The van der Waals surface area contributed by atoms with E-state index in [1.54, 1.807) is 6.07 Å². The highest BCUT2D eigenvalue weighted by molar-refractivity contribution is 6.33. The maximum atomic E-state index is 10.4. The first-order valence-electron chi connectivity index (χ1n) is 3.97. The van der Waals surface area contributed by atoms with Gasteiger partial charge in [0, 0.05) is 13.0 Å². The van der Waals surface area contributed by atoms with Gasteiger partial charge in [-0.3, -0.25) is 4.79 Å². The molecule has 0 unspecified atom stereocenters. The Balaban J connectivity index is 2.45. The number of amides is 1. The molecule has 0 spiro atoms. The Morgan fingerprint density at radius 3 is 2.77 bits per heavy atom. The van der Waals surface area contributed by atoms with Gasteiger partial charge in [0.1, 0.15) is 0 Å². The van der Waals surface area contributed by atoms with Crippen molar-refractivity contribution < 1.29 is 4.79 Å². The van der Waals surface area contributed by atoms with E-state index in [1.165, 1.54) is 0 Å². The lowest BCUT2D eigenvalue weighted by molar-refractivity contribution is -0.117. The third-order valence-electron chi connectivity index (χ3n) is 1.56. The summed E-state index contributed by atoms with van der Waals surface area (Å²) in [5.74, 6) is -0.320. The average molecular weight is 199 g/mol. The van der Waals surface area contributed by atoms with Crippen LogP contribution in [0.15, 0.2) is 24.3 Å². The summed E-state index contributed by atoms with van der Waals surface area (Å²) in [5, 5.41) is 3.66. The number of anilines is 1. The molecule has 0 aromatic heterocycles. The topological polar surface area (TPSA) is 55.1 Å². The van der Waals surface area contributed by atoms with Crippen molar-refractivity contribution in [2.75, 3.05) is 11.9 Å². The maximum Gasteiger partial charge on any atom is 0.219 e. The molecule has 0 saturated heterocycles. The highest BCUT2D eigenvalue weighted by Crippen LogP contribution is 2.19. The van der Waals surface area contributed by atoms with Gasteiger partial charge >= 0.3 is 0 Å². The molecule has 0 fully saturated rings. The third kappa shape index (κ3) is 3.34. The first-order chi connectivity index (χ1) is 6.20. The summed E-state index contributed by atoms with van der Waals surface area (Å²) in [6, 6.07) is 7.36. The Labute approximate surface area is 81.9 Å². The normalized spacial score (nSPS) is 9.62. The molecule has 1 rings (SSSR count). The van der Waals surface area contributed by atoms with Crippen LogP contribution in [0, 0.1) is 0 Å². The van der Waals surface area contributed by atoms with E-state index in [4.69, 9.17) is 17.3 Å². The van der Waals surface area contributed by atoms with Crippen LogP contribution in [0.5, 0.6) is 0 Å². The second-order valence-electron chi connectivity index (χ2n) is 2.62. The number of para-hydroxylation sites is 1. The Morgan fingerprint density at radius 1 is 1.46 bits per heavy atom. The highest BCUT2D eigenvalue weighted by atomic mass is 35.5. The fourth-order valence-corrected chi connectivity index (χ4v) is 1.13. The number of rotatable bonds is 4. The molecular formula is C9H11ClN2O. The zero-order valence-corrected chi connectivity index (χ0v) is 7.84. The lowest BCUT2D eigenvalue weighted by Gasteiger charge is -2.05. The largest absolute Gasteiger partial charge is 0.383 e. The minimum Gasteiger partial charge on any atom is -0.383 e. The number of primary amides is 1. The number of nitrogens with one attached hydrogen (secondary N) is 1. The summed E-state index contributed by atoms with van der Waals surface area (Å²) in [6.07, 6.45) is 0.311. The standard InChI is InChI=1S/C9H11ClN2O/c10-7-3-1-2-4-8(7)12-6-5-9(11)13/h1-4,12H,5-6H2,(H2,11,13). The first-order valence-corrected chi connectivity index (χ1v) is 4.34. The number of hydrogen-bond acceptors (Lipinski definition) is 2. The van der Waals surface area contributed by atoms with Gasteiger partial charge in [-0.1, -0.05) is 23.7 Å². The van der Waals surface area contributed by atoms with Gasteiger partial charge in [0.15, 0.2) is 0 Å². The molecular weight excluding hydrogens is 188 g/mol. The summed E-state index contributed by atoms with van der Waals surface area (Å²) >= 11 is 5.86. The first kappa shape index (κ1) is 9.86. The molecule has 3 N–H and O–H groups in total. The van der Waals surface area contributed by atoms with E-state index in [1.807, 2.05) is 18.2 Å². The zero-order chi connectivity index (χ0) is 9.68. The molecule has 13 heavy (non-hydrogen) atoms. The maximum absolute atomic E-state index is 10.4. The summed E-state index contributed by atoms with van der Waals surface area (Å²) in [7, 11) is 0. The molecule has 0 atom stereocenters. The van der Waals surface area contributed by atoms with Crippen molar-refractivity contribution >= 4 is 23.2 Å². The smallest absolute Gasteiger partial charge is 0.219 e. The van der Waals surface area contributed by atoms with Crippen LogP contribution in [0.2, 0.25) is 5.02 Å². The van der Waals surface area contributed by atoms with Crippen LogP contribution in [-0.4, -0.2) is 12.5 Å². The van der Waals surface area contributed by atoms with Gasteiger partial charge in [0.25, 0.3) is 0 Å². The summed E-state index contributed by atoms with van der Waals surface area (Å²) in [4.78, 5) is 10.4. The van der Waals surface area contributed by atoms with E-state index < -0.39 is 0 Å². The van der Waals surface area contributed by atoms with Crippen molar-refractivity contribution in [3.8, 4) is 0 Å². The molecule has 3 nitrogen and oxygen atoms in total. The van der Waals surface area contributed by atoms with Gasteiger partial charge in [-0.05, 0) is 12.1 Å². The summed E-state index contributed by atoms with van der Waals surface area (Å²) in [6.45, 7) is 0.513. The van der Waals surface area contributed by atoms with E-state index in [2.05, 4.69) is 5.32 Å². The van der Waals surface area contributed by atoms with Gasteiger partial charge in [-0.15, -0.1) is 0 Å². The van der Waals surface area contributed by atoms with Gasteiger partial charge in [-0.2, -0.15) is 0 Å². The van der Waals surface area contributed by atoms with Crippen LogP contribution >= 0.6 is 11.6 Å². The van der Waals surface area contributed by atoms with E-state index in [-0.39, 0.29) is 5.91 Å². The van der Waals surface area contributed by atoms with Crippen LogP contribution < -0.4 is 11.1 Å². The van der Waals surface area contributed by atoms with Crippen molar-refractivity contribution in [2.45, 2.75) is 6.42 Å². The van der Waals surface area contributed by atoms with Crippen LogP contribution in [-0.2, 0) is 4.79 Å². The second-order valence-corrected chi connectivity index (χ2v) is 3.03. The van der Waals surface area contributed by atoms with Crippen molar-refractivity contribution in [1.82, 2.24) is 0 Å². The molecule has 1 aromatic carbocycles. The average Bonchev–Trinajstić information content (AvgIpc) is 2.08. The van der Waals surface area contributed by atoms with E-state index in [0.29, 0.717) is 18.0 Å². The SMILES string of the molecule is NC(=O)CCNc1ccccc1Cl. The molecule has 0 radical (unpaired) electrons. The predicted molar refractivity (Wildman–Crippen MR) is 53.8 cm³/mol. The van der Waals surface area contributed by atoms with Crippen LogP contribution in [0.3, 0.4) is 0 Å². The van der Waals surface area contributed by atoms with Crippen LogP contribution in [0.25, 0.3) is 0 Å². The molecule has 70 valence electrons. The zero-order valence-electron chi connectivity index (χ0n) is 7.09. The van der Waals surface area contributed by atoms with Gasteiger partial charge in [-0.25, -0.2) is 0 Å². The lowest BCUT2D eigenvalue weighted by Crippen LogP contribution is -2.15. The number of benzene rings is 1. The Hall–Kier alpha value is -1.22. The molecule has 1 aromatic rings. The fraction of sp³-hybridized carbons (Fsp3) is 0.222. The molecule has 4 heteroatoms. The van der Waals surface area contributed by atoms with E-state index >= 15 is 0 Å². The lowest BCUT2D eigenvalue weighted by atomic mass is 10.3. The summed E-state index contributed by atoms with van der Waals surface area (Å²) < 4.78 is 0. The number of carbonyl (C=O) groups excluding carboxylic acids is 1.